The Morgan fingerprint density at radius 2 is 1.67 bits per heavy atom. The Bertz CT molecular complexity index is 637. The molecule has 21 heavy (non-hydrogen) atoms. The minimum Gasteiger partial charge on any atom is -0.454 e. The first-order chi connectivity index (χ1) is 10.1. The average Bonchev–Trinajstić information content (AvgIpc) is 2.49. The second-order valence-corrected chi connectivity index (χ2v) is 4.63. The van der Waals surface area contributed by atoms with Gasteiger partial charge < -0.3 is 4.74 Å². The smallest absolute Gasteiger partial charge is 0.311 e. The van der Waals surface area contributed by atoms with Crippen molar-refractivity contribution in [3.8, 4) is 0 Å². The maximum Gasteiger partial charge on any atom is 0.311 e. The molecule has 0 fully saturated rings. The number of rotatable bonds is 5. The molecule has 0 aromatic heterocycles. The van der Waals surface area contributed by atoms with E-state index >= 15 is 0 Å². The highest BCUT2D eigenvalue weighted by atomic mass is 19.1. The van der Waals surface area contributed by atoms with Crippen molar-refractivity contribution in [3.63, 3.8) is 0 Å². The van der Waals surface area contributed by atoms with Crippen molar-refractivity contribution in [1.82, 2.24) is 0 Å². The molecule has 0 bridgehead atoms. The van der Waals surface area contributed by atoms with Gasteiger partial charge in [0.15, 0.2) is 6.10 Å². The summed E-state index contributed by atoms with van der Waals surface area (Å²) in [7, 11) is 0. The zero-order valence-electron chi connectivity index (χ0n) is 11.6. The van der Waals surface area contributed by atoms with Crippen molar-refractivity contribution in [1.29, 1.82) is 0 Å². The first-order valence-electron chi connectivity index (χ1n) is 6.60. The highest BCUT2D eigenvalue weighted by Gasteiger charge is 2.19. The standard InChI is InChI=1S/C17H15FO3/c1-12(17(20)13-7-3-2-4-8-13)21-16(19)11-14-9-5-6-10-15(14)18/h2-10,12H,11H2,1H3. The minimum absolute atomic E-state index is 0.195. The zero-order valence-corrected chi connectivity index (χ0v) is 11.6. The lowest BCUT2D eigenvalue weighted by Crippen LogP contribution is -2.25. The Labute approximate surface area is 122 Å². The maximum atomic E-state index is 13.4. The highest BCUT2D eigenvalue weighted by Crippen LogP contribution is 2.10. The van der Waals surface area contributed by atoms with Crippen LogP contribution in [0.15, 0.2) is 54.6 Å². The Morgan fingerprint density at radius 3 is 2.33 bits per heavy atom. The first kappa shape index (κ1) is 14.9. The molecule has 2 aromatic rings. The van der Waals surface area contributed by atoms with Gasteiger partial charge >= 0.3 is 5.97 Å². The topological polar surface area (TPSA) is 43.4 Å². The minimum atomic E-state index is -0.897. The van der Waals surface area contributed by atoms with E-state index in [1.54, 1.807) is 42.5 Å². The lowest BCUT2D eigenvalue weighted by Gasteiger charge is -2.12. The third-order valence-corrected chi connectivity index (χ3v) is 3.03. The van der Waals surface area contributed by atoms with Gasteiger partial charge in [0.25, 0.3) is 0 Å². The summed E-state index contributed by atoms with van der Waals surface area (Å²) in [5, 5.41) is 0. The van der Waals surface area contributed by atoms with E-state index in [9.17, 15) is 14.0 Å². The number of carbonyl (C=O) groups excluding carboxylic acids is 2. The lowest BCUT2D eigenvalue weighted by atomic mass is 10.1. The van der Waals surface area contributed by atoms with Crippen LogP contribution in [0.25, 0.3) is 0 Å². The van der Waals surface area contributed by atoms with E-state index in [-0.39, 0.29) is 17.8 Å². The van der Waals surface area contributed by atoms with Crippen molar-refractivity contribution in [2.45, 2.75) is 19.4 Å². The quantitative estimate of drug-likeness (QED) is 0.626. The largest absolute Gasteiger partial charge is 0.454 e. The zero-order chi connectivity index (χ0) is 15.2. The number of carbonyl (C=O) groups is 2. The molecular weight excluding hydrogens is 271 g/mol. The van der Waals surface area contributed by atoms with Crippen molar-refractivity contribution in [3.05, 3.63) is 71.5 Å². The highest BCUT2D eigenvalue weighted by molar-refractivity contribution is 6.00. The van der Waals surface area contributed by atoms with Crippen LogP contribution >= 0.6 is 0 Å². The lowest BCUT2D eigenvalue weighted by molar-refractivity contribution is -0.145. The average molecular weight is 286 g/mol. The second-order valence-electron chi connectivity index (χ2n) is 4.63. The van der Waals surface area contributed by atoms with Gasteiger partial charge in [0.05, 0.1) is 6.42 Å². The Hall–Kier alpha value is -2.49. The summed E-state index contributed by atoms with van der Waals surface area (Å²) in [5.74, 6) is -1.37. The second kappa shape index (κ2) is 6.79. The summed E-state index contributed by atoms with van der Waals surface area (Å²) in [6.45, 7) is 1.51. The number of ketones is 1. The molecule has 1 atom stereocenters. The molecule has 0 spiro atoms. The summed E-state index contributed by atoms with van der Waals surface area (Å²) in [6.07, 6.45) is -1.09. The predicted molar refractivity (Wildman–Crippen MR) is 76.4 cm³/mol. The van der Waals surface area contributed by atoms with Gasteiger partial charge in [-0.15, -0.1) is 0 Å². The van der Waals surface area contributed by atoms with Crippen LogP contribution in [0, 0.1) is 5.82 Å². The van der Waals surface area contributed by atoms with Crippen LogP contribution < -0.4 is 0 Å². The van der Waals surface area contributed by atoms with Crippen molar-refractivity contribution in [2.75, 3.05) is 0 Å². The number of Topliss-reactive ketones (excluding diaryl/α,β-unsaturated/α-hetero) is 1. The molecular formula is C17H15FO3. The van der Waals surface area contributed by atoms with E-state index in [4.69, 9.17) is 4.74 Å². The number of hydrogen-bond acceptors (Lipinski definition) is 3. The van der Waals surface area contributed by atoms with Crippen LogP contribution in [0.4, 0.5) is 4.39 Å². The fourth-order valence-corrected chi connectivity index (χ4v) is 1.93. The fourth-order valence-electron chi connectivity index (χ4n) is 1.93. The number of ether oxygens (including phenoxy) is 1. The first-order valence-corrected chi connectivity index (χ1v) is 6.60. The Kier molecular flexibility index (Phi) is 4.82. The van der Waals surface area contributed by atoms with Gasteiger partial charge in [0.1, 0.15) is 5.82 Å². The summed E-state index contributed by atoms with van der Waals surface area (Å²) in [4.78, 5) is 23.8. The van der Waals surface area contributed by atoms with Gasteiger partial charge in [-0.25, -0.2) is 4.39 Å². The van der Waals surface area contributed by atoms with Crippen LogP contribution in [0.2, 0.25) is 0 Å². The molecule has 2 aromatic carbocycles. The molecule has 0 N–H and O–H groups in total. The van der Waals surface area contributed by atoms with Gasteiger partial charge in [0, 0.05) is 5.56 Å². The van der Waals surface area contributed by atoms with Gasteiger partial charge in [-0.1, -0.05) is 48.5 Å². The Morgan fingerprint density at radius 1 is 1.05 bits per heavy atom. The molecule has 0 amide bonds. The van der Waals surface area contributed by atoms with Crippen LogP contribution in [-0.4, -0.2) is 17.9 Å². The van der Waals surface area contributed by atoms with Gasteiger partial charge in [-0.3, -0.25) is 9.59 Å². The molecule has 0 aliphatic heterocycles. The van der Waals surface area contributed by atoms with E-state index in [2.05, 4.69) is 0 Å². The van der Waals surface area contributed by atoms with E-state index in [1.165, 1.54) is 19.1 Å². The number of hydrogen-bond donors (Lipinski definition) is 0. The third-order valence-electron chi connectivity index (χ3n) is 3.03. The van der Waals surface area contributed by atoms with Crippen LogP contribution in [0.1, 0.15) is 22.8 Å². The molecule has 108 valence electrons. The van der Waals surface area contributed by atoms with E-state index in [0.717, 1.165) is 0 Å². The summed E-state index contributed by atoms with van der Waals surface area (Å²) in [6, 6.07) is 14.6. The molecule has 0 saturated carbocycles. The molecule has 3 nitrogen and oxygen atoms in total. The van der Waals surface area contributed by atoms with Crippen molar-refractivity contribution in [2.24, 2.45) is 0 Å². The van der Waals surface area contributed by atoms with Crippen LogP contribution in [-0.2, 0) is 16.0 Å². The van der Waals surface area contributed by atoms with Crippen molar-refractivity contribution < 1.29 is 18.7 Å². The molecule has 1 unspecified atom stereocenters. The molecule has 0 aliphatic carbocycles. The van der Waals surface area contributed by atoms with E-state index in [0.29, 0.717) is 5.56 Å². The molecule has 4 heteroatoms. The number of halogens is 1. The molecule has 0 heterocycles. The van der Waals surface area contributed by atoms with Gasteiger partial charge in [-0.05, 0) is 18.6 Å². The summed E-state index contributed by atoms with van der Waals surface area (Å²) >= 11 is 0. The third kappa shape index (κ3) is 3.99. The molecule has 0 radical (unpaired) electrons. The molecule has 0 saturated heterocycles. The molecule has 2 rings (SSSR count). The normalized spacial score (nSPS) is 11.7. The summed E-state index contributed by atoms with van der Waals surface area (Å²) in [5.41, 5.74) is 0.727. The van der Waals surface area contributed by atoms with E-state index < -0.39 is 17.9 Å². The fraction of sp³-hybridized carbons (Fsp3) is 0.176. The van der Waals surface area contributed by atoms with Crippen LogP contribution in [0.3, 0.4) is 0 Å². The van der Waals surface area contributed by atoms with E-state index in [1.807, 2.05) is 0 Å². The van der Waals surface area contributed by atoms with Crippen molar-refractivity contribution >= 4 is 11.8 Å². The monoisotopic (exact) mass is 286 g/mol. The van der Waals surface area contributed by atoms with Crippen LogP contribution in [0.5, 0.6) is 0 Å². The van der Waals surface area contributed by atoms with Gasteiger partial charge in [-0.2, -0.15) is 0 Å². The van der Waals surface area contributed by atoms with Gasteiger partial charge in [0.2, 0.25) is 5.78 Å². The maximum absolute atomic E-state index is 13.4. The number of benzene rings is 2. The molecule has 0 aliphatic rings. The SMILES string of the molecule is CC(OC(=O)Cc1ccccc1F)C(=O)c1ccccc1. The number of esters is 1. The predicted octanol–water partition coefficient (Wildman–Crippen LogP) is 3.18. The Balaban J connectivity index is 1.97. The summed E-state index contributed by atoms with van der Waals surface area (Å²) < 4.78 is 18.5.